The molecule has 6 nitrogen and oxygen atoms in total. The Bertz CT molecular complexity index is 455. The van der Waals surface area contributed by atoms with Crippen molar-refractivity contribution in [1.29, 1.82) is 0 Å². The maximum absolute atomic E-state index is 11.9. The van der Waals surface area contributed by atoms with Crippen molar-refractivity contribution in [3.8, 4) is 0 Å². The summed E-state index contributed by atoms with van der Waals surface area (Å²) in [5, 5.41) is 2.77. The van der Waals surface area contributed by atoms with Crippen molar-refractivity contribution in [1.82, 2.24) is 5.32 Å². The second kappa shape index (κ2) is 7.42. The van der Waals surface area contributed by atoms with E-state index in [1.54, 1.807) is 0 Å². The van der Waals surface area contributed by atoms with E-state index < -0.39 is 17.5 Å². The third-order valence-electron chi connectivity index (χ3n) is 4.43. The molecule has 1 amide bonds. The smallest absolute Gasteiger partial charge is 0.407 e. The maximum Gasteiger partial charge on any atom is 0.407 e. The lowest BCUT2D eigenvalue weighted by Crippen LogP contribution is -2.42. The highest BCUT2D eigenvalue weighted by molar-refractivity contribution is 5.67. The summed E-state index contributed by atoms with van der Waals surface area (Å²) in [6, 6.07) is 0. The minimum Gasteiger partial charge on any atom is -0.444 e. The lowest BCUT2D eigenvalue weighted by molar-refractivity contribution is -0.211. The molecule has 1 N–H and O–H groups in total. The fraction of sp³-hybridized carbons (Fsp3) is 0.833. The summed E-state index contributed by atoms with van der Waals surface area (Å²) in [5.41, 5.74) is -0.527. The lowest BCUT2D eigenvalue weighted by Gasteiger charge is -2.29. The number of alkyl carbamates (subject to hydrolysis) is 1. The molecule has 2 rings (SSSR count). The van der Waals surface area contributed by atoms with Gasteiger partial charge < -0.3 is 24.3 Å². The first-order valence-corrected chi connectivity index (χ1v) is 8.82. The van der Waals surface area contributed by atoms with E-state index in [2.05, 4.69) is 25.7 Å². The van der Waals surface area contributed by atoms with E-state index in [9.17, 15) is 4.79 Å². The standard InChI is InChI=1S/C18H31NO5/c1-7-10-12-14-15(23-18(8-2,9-3)22-14)13(21-12)11-19-16(20)24-17(4,5)6/h7,12-15H,1,8-11H2,2-6H3,(H,19,20)/t12-,13+,14-,15+/m0/s1. The molecule has 2 aliphatic rings. The first-order valence-electron chi connectivity index (χ1n) is 8.82. The number of rotatable bonds is 6. The molecule has 0 unspecified atom stereocenters. The molecule has 0 spiro atoms. The van der Waals surface area contributed by atoms with Crippen molar-refractivity contribution >= 4 is 6.09 Å². The van der Waals surface area contributed by atoms with Gasteiger partial charge in [-0.2, -0.15) is 0 Å². The van der Waals surface area contributed by atoms with E-state index in [-0.39, 0.29) is 24.4 Å². The number of fused-ring (bicyclic) bond motifs is 1. The Labute approximate surface area is 144 Å². The minimum atomic E-state index is -0.553. The van der Waals surface area contributed by atoms with Crippen molar-refractivity contribution < 1.29 is 23.7 Å². The average Bonchev–Trinajstić information content (AvgIpc) is 3.01. The van der Waals surface area contributed by atoms with Crippen LogP contribution in [0.3, 0.4) is 0 Å². The Morgan fingerprint density at radius 1 is 1.21 bits per heavy atom. The van der Waals surface area contributed by atoms with E-state index in [4.69, 9.17) is 18.9 Å². The van der Waals surface area contributed by atoms with Gasteiger partial charge >= 0.3 is 6.09 Å². The van der Waals surface area contributed by atoms with Crippen LogP contribution < -0.4 is 5.32 Å². The van der Waals surface area contributed by atoms with Crippen molar-refractivity contribution in [3.63, 3.8) is 0 Å². The normalized spacial score (nSPS) is 31.5. The van der Waals surface area contributed by atoms with Gasteiger partial charge in [-0.05, 0) is 40.0 Å². The maximum atomic E-state index is 11.9. The summed E-state index contributed by atoms with van der Waals surface area (Å²) in [6.45, 7) is 13.7. The first-order chi connectivity index (χ1) is 11.2. The third kappa shape index (κ3) is 4.29. The molecule has 0 saturated carbocycles. The van der Waals surface area contributed by atoms with E-state index >= 15 is 0 Å². The fourth-order valence-electron chi connectivity index (χ4n) is 3.21. The van der Waals surface area contributed by atoms with Crippen molar-refractivity contribution in [2.24, 2.45) is 0 Å². The second-order valence-electron chi connectivity index (χ2n) is 7.40. The van der Waals surface area contributed by atoms with Gasteiger partial charge in [0.15, 0.2) is 5.79 Å². The number of carbonyl (C=O) groups is 1. The van der Waals surface area contributed by atoms with Gasteiger partial charge in [-0.1, -0.05) is 19.9 Å². The molecule has 4 atom stereocenters. The number of carbonyl (C=O) groups excluding carboxylic acids is 1. The van der Waals surface area contributed by atoms with Crippen LogP contribution in [0.15, 0.2) is 12.7 Å². The lowest BCUT2D eigenvalue weighted by atomic mass is 10.1. The molecule has 0 aromatic rings. The number of ether oxygens (including phenoxy) is 4. The zero-order valence-corrected chi connectivity index (χ0v) is 15.5. The summed E-state index contributed by atoms with van der Waals surface area (Å²) in [7, 11) is 0. The molecule has 6 heteroatoms. The second-order valence-corrected chi connectivity index (χ2v) is 7.40. The van der Waals surface area contributed by atoms with Crippen LogP contribution in [0.5, 0.6) is 0 Å². The van der Waals surface area contributed by atoms with E-state index in [1.807, 2.05) is 26.8 Å². The number of nitrogens with one attached hydrogen (secondary N) is 1. The molecule has 0 aromatic carbocycles. The highest BCUT2D eigenvalue weighted by Gasteiger charge is 2.56. The Kier molecular flexibility index (Phi) is 5.94. The van der Waals surface area contributed by atoms with Gasteiger partial charge in [-0.15, -0.1) is 6.58 Å². The molecule has 0 aliphatic carbocycles. The molecule has 0 radical (unpaired) electrons. The third-order valence-corrected chi connectivity index (χ3v) is 4.43. The zero-order valence-electron chi connectivity index (χ0n) is 15.5. The monoisotopic (exact) mass is 341 g/mol. The minimum absolute atomic E-state index is 0.0992. The largest absolute Gasteiger partial charge is 0.444 e. The Morgan fingerprint density at radius 3 is 2.29 bits per heavy atom. The van der Waals surface area contributed by atoms with Crippen LogP contribution in [-0.2, 0) is 18.9 Å². The van der Waals surface area contributed by atoms with Crippen LogP contribution in [0.25, 0.3) is 0 Å². The fourth-order valence-corrected chi connectivity index (χ4v) is 3.21. The first kappa shape index (κ1) is 19.2. The average molecular weight is 341 g/mol. The highest BCUT2D eigenvalue weighted by atomic mass is 16.8. The van der Waals surface area contributed by atoms with Gasteiger partial charge in [0, 0.05) is 6.54 Å². The van der Waals surface area contributed by atoms with E-state index in [0.29, 0.717) is 13.0 Å². The summed E-state index contributed by atoms with van der Waals surface area (Å²) >= 11 is 0. The molecular weight excluding hydrogens is 310 g/mol. The van der Waals surface area contributed by atoms with Gasteiger partial charge in [-0.3, -0.25) is 0 Å². The van der Waals surface area contributed by atoms with Gasteiger partial charge in [0.1, 0.15) is 23.9 Å². The van der Waals surface area contributed by atoms with Gasteiger partial charge in [0.2, 0.25) is 0 Å². The van der Waals surface area contributed by atoms with Crippen LogP contribution in [0, 0.1) is 0 Å². The van der Waals surface area contributed by atoms with Crippen molar-refractivity contribution in [2.45, 2.75) is 89.7 Å². The summed E-state index contributed by atoms with van der Waals surface area (Å²) in [5.74, 6) is -0.553. The number of amides is 1. The molecule has 2 fully saturated rings. The predicted molar refractivity (Wildman–Crippen MR) is 90.8 cm³/mol. The molecule has 2 saturated heterocycles. The highest BCUT2D eigenvalue weighted by Crippen LogP contribution is 2.42. The predicted octanol–water partition coefficient (Wildman–Crippen LogP) is 3.15. The van der Waals surface area contributed by atoms with Crippen LogP contribution in [0.2, 0.25) is 0 Å². The molecule has 138 valence electrons. The summed E-state index contributed by atoms with van der Waals surface area (Å²) in [4.78, 5) is 11.9. The van der Waals surface area contributed by atoms with Gasteiger partial charge in [-0.25, -0.2) is 4.79 Å². The zero-order chi connectivity index (χ0) is 18.0. The van der Waals surface area contributed by atoms with Gasteiger partial charge in [0.05, 0.1) is 6.10 Å². The Morgan fingerprint density at radius 2 is 1.79 bits per heavy atom. The molecule has 24 heavy (non-hydrogen) atoms. The molecule has 2 heterocycles. The molecular formula is C18H31NO5. The van der Waals surface area contributed by atoms with Crippen LogP contribution in [0.1, 0.15) is 53.9 Å². The molecule has 0 aromatic heterocycles. The number of hydrogen-bond acceptors (Lipinski definition) is 5. The van der Waals surface area contributed by atoms with Crippen LogP contribution in [-0.4, -0.2) is 48.4 Å². The summed E-state index contributed by atoms with van der Waals surface area (Å²) < 4.78 is 23.7. The van der Waals surface area contributed by atoms with Crippen LogP contribution in [0.4, 0.5) is 4.79 Å². The van der Waals surface area contributed by atoms with E-state index in [1.165, 1.54) is 0 Å². The summed E-state index contributed by atoms with van der Waals surface area (Å²) in [6.07, 6.45) is 2.95. The van der Waals surface area contributed by atoms with Gasteiger partial charge in [0.25, 0.3) is 0 Å². The number of hydrogen-bond donors (Lipinski definition) is 1. The quantitative estimate of drug-likeness (QED) is 0.752. The Hall–Kier alpha value is -1.11. The molecule has 0 bridgehead atoms. The SMILES string of the molecule is C=CC[C@@H]1O[C@H](CNC(=O)OC(C)(C)C)[C@H]2OC(CC)(CC)O[C@H]21. The van der Waals surface area contributed by atoms with Crippen molar-refractivity contribution in [3.05, 3.63) is 12.7 Å². The van der Waals surface area contributed by atoms with Crippen molar-refractivity contribution in [2.75, 3.05) is 6.54 Å². The Balaban J connectivity index is 2.00. The van der Waals surface area contributed by atoms with Crippen LogP contribution >= 0.6 is 0 Å². The van der Waals surface area contributed by atoms with E-state index in [0.717, 1.165) is 12.8 Å². The molecule has 2 aliphatic heterocycles. The topological polar surface area (TPSA) is 66.0 Å².